The molecule has 0 aliphatic heterocycles. The van der Waals surface area contributed by atoms with Gasteiger partial charge in [0.15, 0.2) is 0 Å². The zero-order chi connectivity index (χ0) is 20.7. The molecule has 8 nitrogen and oxygen atoms in total. The van der Waals surface area contributed by atoms with Crippen LogP contribution in [0.25, 0.3) is 0 Å². The van der Waals surface area contributed by atoms with Gasteiger partial charge in [0.05, 0.1) is 11.8 Å². The molecule has 1 unspecified atom stereocenters. The smallest absolute Gasteiger partial charge is 0.326 e. The Hall–Kier alpha value is -2.38. The fourth-order valence-corrected chi connectivity index (χ4v) is 3.31. The van der Waals surface area contributed by atoms with Crippen molar-refractivity contribution in [2.75, 3.05) is 0 Å². The summed E-state index contributed by atoms with van der Waals surface area (Å²) in [6.45, 7) is 6.11. The highest BCUT2D eigenvalue weighted by molar-refractivity contribution is 5.96. The lowest BCUT2D eigenvalue weighted by molar-refractivity contribution is -0.139. The van der Waals surface area contributed by atoms with Gasteiger partial charge in [-0.3, -0.25) is 14.3 Å². The number of carbonyl (C=O) groups excluding carboxylic acids is 2. The standard InChI is InChI=1S/C20H32N4O4/c1-20(2,3)10-9-16(19(27)28)23-18(26)14-11-21-24(12-14)13-17(25)22-15-7-5-4-6-8-15/h11-12,15-16H,4-10,13H2,1-3H3,(H,22,25)(H,23,26)(H,27,28). The van der Waals surface area contributed by atoms with Gasteiger partial charge in [-0.25, -0.2) is 4.79 Å². The number of hydrogen-bond acceptors (Lipinski definition) is 4. The first kappa shape index (κ1) is 21.9. The summed E-state index contributed by atoms with van der Waals surface area (Å²) in [4.78, 5) is 36.0. The van der Waals surface area contributed by atoms with Crippen LogP contribution < -0.4 is 10.6 Å². The van der Waals surface area contributed by atoms with Crippen molar-refractivity contribution in [2.24, 2.45) is 5.41 Å². The molecule has 1 atom stereocenters. The third kappa shape index (κ3) is 7.32. The van der Waals surface area contributed by atoms with E-state index in [1.165, 1.54) is 23.5 Å². The maximum Gasteiger partial charge on any atom is 0.326 e. The van der Waals surface area contributed by atoms with Crippen LogP contribution >= 0.6 is 0 Å². The molecule has 2 rings (SSSR count). The molecule has 0 bridgehead atoms. The fourth-order valence-electron chi connectivity index (χ4n) is 3.31. The number of amides is 2. The van der Waals surface area contributed by atoms with Crippen molar-refractivity contribution >= 4 is 17.8 Å². The van der Waals surface area contributed by atoms with Gasteiger partial charge in [-0.2, -0.15) is 5.10 Å². The lowest BCUT2D eigenvalue weighted by Gasteiger charge is -2.22. The summed E-state index contributed by atoms with van der Waals surface area (Å²) in [6, 6.07) is -0.733. The molecular formula is C20H32N4O4. The van der Waals surface area contributed by atoms with Gasteiger partial charge >= 0.3 is 5.97 Å². The fraction of sp³-hybridized carbons (Fsp3) is 0.700. The minimum absolute atomic E-state index is 0.0188. The first-order valence-corrected chi connectivity index (χ1v) is 9.99. The maximum atomic E-state index is 12.4. The van der Waals surface area contributed by atoms with Crippen LogP contribution in [-0.2, 0) is 16.1 Å². The minimum atomic E-state index is -1.06. The lowest BCUT2D eigenvalue weighted by atomic mass is 9.88. The van der Waals surface area contributed by atoms with E-state index in [9.17, 15) is 19.5 Å². The number of nitrogens with one attached hydrogen (secondary N) is 2. The predicted molar refractivity (Wildman–Crippen MR) is 105 cm³/mol. The Morgan fingerprint density at radius 2 is 1.93 bits per heavy atom. The molecule has 1 saturated carbocycles. The van der Waals surface area contributed by atoms with Gasteiger partial charge in [-0.05, 0) is 31.1 Å². The van der Waals surface area contributed by atoms with E-state index in [4.69, 9.17) is 0 Å². The average Bonchev–Trinajstić information content (AvgIpc) is 3.06. The third-order valence-electron chi connectivity index (χ3n) is 4.96. The maximum absolute atomic E-state index is 12.4. The number of carboxylic acids is 1. The van der Waals surface area contributed by atoms with Crippen molar-refractivity contribution in [2.45, 2.75) is 84.3 Å². The second kappa shape index (κ2) is 9.71. The number of carbonyl (C=O) groups is 3. The summed E-state index contributed by atoms with van der Waals surface area (Å²) in [5.74, 6) is -1.69. The molecular weight excluding hydrogens is 360 g/mol. The second-order valence-corrected chi connectivity index (χ2v) is 8.79. The molecule has 1 fully saturated rings. The second-order valence-electron chi connectivity index (χ2n) is 8.79. The van der Waals surface area contributed by atoms with Crippen molar-refractivity contribution in [3.8, 4) is 0 Å². The summed E-state index contributed by atoms with van der Waals surface area (Å²) in [5.41, 5.74) is 0.224. The van der Waals surface area contributed by atoms with Crippen LogP contribution in [0.15, 0.2) is 12.4 Å². The zero-order valence-electron chi connectivity index (χ0n) is 17.0. The largest absolute Gasteiger partial charge is 0.480 e. The minimum Gasteiger partial charge on any atom is -0.480 e. The summed E-state index contributed by atoms with van der Waals surface area (Å²) < 4.78 is 1.40. The van der Waals surface area contributed by atoms with Crippen LogP contribution in [-0.4, -0.2) is 44.8 Å². The molecule has 156 valence electrons. The number of hydrogen-bond donors (Lipinski definition) is 3. The van der Waals surface area contributed by atoms with E-state index in [1.807, 2.05) is 20.8 Å². The zero-order valence-corrected chi connectivity index (χ0v) is 17.0. The molecule has 28 heavy (non-hydrogen) atoms. The summed E-state index contributed by atoms with van der Waals surface area (Å²) in [7, 11) is 0. The monoisotopic (exact) mass is 392 g/mol. The molecule has 1 aromatic rings. The van der Waals surface area contributed by atoms with E-state index >= 15 is 0 Å². The first-order valence-electron chi connectivity index (χ1n) is 9.99. The number of aliphatic carboxylic acids is 1. The van der Waals surface area contributed by atoms with Crippen LogP contribution in [0.2, 0.25) is 0 Å². The van der Waals surface area contributed by atoms with Crippen molar-refractivity contribution in [1.29, 1.82) is 0 Å². The van der Waals surface area contributed by atoms with Crippen molar-refractivity contribution in [3.63, 3.8) is 0 Å². The van der Waals surface area contributed by atoms with Crippen LogP contribution in [0.4, 0.5) is 0 Å². The molecule has 0 radical (unpaired) electrons. The van der Waals surface area contributed by atoms with Crippen LogP contribution in [0.5, 0.6) is 0 Å². The summed E-state index contributed by atoms with van der Waals surface area (Å²) in [6.07, 6.45) is 9.34. The third-order valence-corrected chi connectivity index (χ3v) is 4.96. The highest BCUT2D eigenvalue weighted by Gasteiger charge is 2.24. The van der Waals surface area contributed by atoms with Gasteiger partial charge < -0.3 is 15.7 Å². The van der Waals surface area contributed by atoms with Gasteiger partial charge in [0.2, 0.25) is 5.91 Å². The Labute approximate surface area is 166 Å². The van der Waals surface area contributed by atoms with Crippen molar-refractivity contribution in [1.82, 2.24) is 20.4 Å². The van der Waals surface area contributed by atoms with E-state index in [2.05, 4.69) is 15.7 Å². The molecule has 0 saturated heterocycles. The van der Waals surface area contributed by atoms with Crippen molar-refractivity contribution < 1.29 is 19.5 Å². The van der Waals surface area contributed by atoms with Gasteiger partial charge in [0, 0.05) is 12.2 Å². The molecule has 0 spiro atoms. The normalized spacial score (nSPS) is 16.4. The number of rotatable bonds is 8. The van der Waals surface area contributed by atoms with Gasteiger partial charge in [0.25, 0.3) is 5.91 Å². The Balaban J connectivity index is 1.87. The summed E-state index contributed by atoms with van der Waals surface area (Å²) in [5, 5.41) is 19.0. The Morgan fingerprint density at radius 3 is 2.54 bits per heavy atom. The van der Waals surface area contributed by atoms with E-state index in [0.717, 1.165) is 25.7 Å². The van der Waals surface area contributed by atoms with Crippen LogP contribution in [0, 0.1) is 5.41 Å². The molecule has 2 amide bonds. The van der Waals surface area contributed by atoms with E-state index in [-0.39, 0.29) is 29.5 Å². The van der Waals surface area contributed by atoms with E-state index in [1.54, 1.807) is 0 Å². The predicted octanol–water partition coefficient (Wildman–Crippen LogP) is 2.34. The van der Waals surface area contributed by atoms with Crippen LogP contribution in [0.3, 0.4) is 0 Å². The van der Waals surface area contributed by atoms with E-state index in [0.29, 0.717) is 12.8 Å². The molecule has 1 aromatic heterocycles. The van der Waals surface area contributed by atoms with Gasteiger partial charge in [-0.1, -0.05) is 40.0 Å². The Kier molecular flexibility index (Phi) is 7.60. The van der Waals surface area contributed by atoms with E-state index < -0.39 is 17.9 Å². The SMILES string of the molecule is CC(C)(C)CCC(NC(=O)c1cnn(CC(=O)NC2CCCCC2)c1)C(=O)O. The van der Waals surface area contributed by atoms with Crippen molar-refractivity contribution in [3.05, 3.63) is 18.0 Å². The van der Waals surface area contributed by atoms with Gasteiger partial charge in [0.1, 0.15) is 12.6 Å². The first-order chi connectivity index (χ1) is 13.1. The highest BCUT2D eigenvalue weighted by Crippen LogP contribution is 2.22. The topological polar surface area (TPSA) is 113 Å². The number of nitrogens with zero attached hydrogens (tertiary/aromatic N) is 2. The quantitative estimate of drug-likeness (QED) is 0.628. The Morgan fingerprint density at radius 1 is 1.25 bits per heavy atom. The molecule has 0 aromatic carbocycles. The number of carboxylic acid groups (broad SMARTS) is 1. The number of aromatic nitrogens is 2. The van der Waals surface area contributed by atoms with Gasteiger partial charge in [-0.15, -0.1) is 0 Å². The molecule has 1 aliphatic rings. The molecule has 3 N–H and O–H groups in total. The highest BCUT2D eigenvalue weighted by atomic mass is 16.4. The molecule has 1 heterocycles. The molecule has 8 heteroatoms. The Bertz CT molecular complexity index is 687. The average molecular weight is 393 g/mol. The molecule has 1 aliphatic carbocycles. The lowest BCUT2D eigenvalue weighted by Crippen LogP contribution is -2.41. The van der Waals surface area contributed by atoms with Crippen LogP contribution in [0.1, 0.15) is 76.1 Å². The summed E-state index contributed by atoms with van der Waals surface area (Å²) >= 11 is 0.